The quantitative estimate of drug-likeness (QED) is 0.101. The Labute approximate surface area is 248 Å². The number of piperidine rings is 1. The normalized spacial score (nSPS) is 15.9. The second kappa shape index (κ2) is 12.4. The number of rotatable bonds is 8. The molecule has 43 heavy (non-hydrogen) atoms. The minimum absolute atomic E-state index is 0.0211. The molecule has 1 atom stereocenters. The van der Waals surface area contributed by atoms with Crippen molar-refractivity contribution in [3.05, 3.63) is 78.1 Å². The molecular formula is C32H32N8O3. The van der Waals surface area contributed by atoms with Crippen LogP contribution in [0.15, 0.2) is 77.2 Å². The average molecular weight is 577 g/mol. The monoisotopic (exact) mass is 576 g/mol. The molecule has 1 aliphatic heterocycles. The number of phenols is 1. The smallest absolute Gasteiger partial charge is 0.240 e. The molecule has 3 N–H and O–H groups in total. The fraction of sp³-hybridized carbons (Fsp3) is 0.250. The van der Waals surface area contributed by atoms with Gasteiger partial charge in [-0.05, 0) is 73.5 Å². The molecule has 6 rings (SSSR count). The van der Waals surface area contributed by atoms with E-state index in [1.54, 1.807) is 24.5 Å². The van der Waals surface area contributed by atoms with E-state index in [2.05, 4.69) is 59.4 Å². The second-order valence-electron chi connectivity index (χ2n) is 10.7. The van der Waals surface area contributed by atoms with Gasteiger partial charge in [0.1, 0.15) is 5.75 Å². The Morgan fingerprint density at radius 2 is 2.00 bits per heavy atom. The molecule has 1 amide bonds. The third kappa shape index (κ3) is 6.36. The summed E-state index contributed by atoms with van der Waals surface area (Å²) < 4.78 is 6.27. The van der Waals surface area contributed by atoms with Crippen LogP contribution in [0.25, 0.3) is 33.2 Å². The fourth-order valence-corrected chi connectivity index (χ4v) is 5.57. The van der Waals surface area contributed by atoms with Crippen LogP contribution in [0, 0.1) is 5.92 Å². The number of aromatic amines is 1. The lowest BCUT2D eigenvalue weighted by Crippen LogP contribution is -2.37. The van der Waals surface area contributed by atoms with Crippen molar-refractivity contribution in [1.29, 1.82) is 0 Å². The van der Waals surface area contributed by atoms with E-state index in [9.17, 15) is 9.90 Å². The Hall–Kier alpha value is -5.16. The number of aromatic hydroxyl groups is 1. The molecule has 1 saturated heterocycles. The number of anilines is 1. The summed E-state index contributed by atoms with van der Waals surface area (Å²) in [6.07, 6.45) is 5.59. The van der Waals surface area contributed by atoms with Gasteiger partial charge in [-0.1, -0.05) is 6.07 Å². The van der Waals surface area contributed by atoms with Gasteiger partial charge in [0.15, 0.2) is 0 Å². The second-order valence-corrected chi connectivity index (χ2v) is 10.7. The molecule has 218 valence electrons. The third-order valence-corrected chi connectivity index (χ3v) is 7.55. The van der Waals surface area contributed by atoms with Gasteiger partial charge in [0.2, 0.25) is 11.8 Å². The number of ether oxygens (including phenoxy) is 1. The number of carbonyl (C=O) groups is 1. The first-order valence-electron chi connectivity index (χ1n) is 14.1. The first-order valence-corrected chi connectivity index (χ1v) is 14.1. The summed E-state index contributed by atoms with van der Waals surface area (Å²) in [4.78, 5) is 22.8. The summed E-state index contributed by atoms with van der Waals surface area (Å²) in [5.41, 5.74) is 6.30. The molecule has 11 heteroatoms. The van der Waals surface area contributed by atoms with Crippen LogP contribution in [0.4, 0.5) is 5.69 Å². The SMILES string of the molecule is C=N/N=C(\OC[C@@H]1CCCN(Cc2ccc3nccnc3c2)C1)c1ccc2[nH]nc(-c3ccc(O)c(NC(C)=O)c3)c2c1. The fourth-order valence-electron chi connectivity index (χ4n) is 5.57. The highest BCUT2D eigenvalue weighted by Gasteiger charge is 2.22. The van der Waals surface area contributed by atoms with Gasteiger partial charge in [-0.15, -0.1) is 5.10 Å². The molecular weight excluding hydrogens is 544 g/mol. The molecule has 3 heterocycles. The molecule has 0 bridgehead atoms. The van der Waals surface area contributed by atoms with Gasteiger partial charge in [-0.25, -0.2) is 0 Å². The number of benzene rings is 3. The van der Waals surface area contributed by atoms with Crippen molar-refractivity contribution in [1.82, 2.24) is 25.1 Å². The molecule has 0 radical (unpaired) electrons. The number of fused-ring (bicyclic) bond motifs is 2. The van der Waals surface area contributed by atoms with E-state index in [-0.39, 0.29) is 11.7 Å². The number of aromatic nitrogens is 4. The van der Waals surface area contributed by atoms with Crippen LogP contribution in [0.2, 0.25) is 0 Å². The minimum Gasteiger partial charge on any atom is -0.506 e. The predicted molar refractivity (Wildman–Crippen MR) is 167 cm³/mol. The number of amides is 1. The van der Waals surface area contributed by atoms with Gasteiger partial charge in [-0.3, -0.25) is 24.8 Å². The number of nitrogens with one attached hydrogen (secondary N) is 2. The average Bonchev–Trinajstić information content (AvgIpc) is 3.44. The Bertz CT molecular complexity index is 1830. The van der Waals surface area contributed by atoms with E-state index in [1.165, 1.54) is 18.6 Å². The molecule has 0 aliphatic carbocycles. The zero-order chi connectivity index (χ0) is 29.8. The van der Waals surface area contributed by atoms with Crippen molar-refractivity contribution < 1.29 is 14.6 Å². The highest BCUT2D eigenvalue weighted by molar-refractivity contribution is 6.02. The minimum atomic E-state index is -0.277. The molecule has 0 spiro atoms. The van der Waals surface area contributed by atoms with Crippen LogP contribution in [0.1, 0.15) is 30.9 Å². The van der Waals surface area contributed by atoms with Crippen LogP contribution < -0.4 is 5.32 Å². The van der Waals surface area contributed by atoms with Gasteiger partial charge < -0.3 is 15.2 Å². The summed E-state index contributed by atoms with van der Waals surface area (Å²) >= 11 is 0. The number of phenolic OH excluding ortho intramolecular Hbond substituents is 1. The van der Waals surface area contributed by atoms with E-state index in [0.29, 0.717) is 29.8 Å². The number of likely N-dealkylation sites (tertiary alicyclic amines) is 1. The van der Waals surface area contributed by atoms with E-state index < -0.39 is 0 Å². The molecule has 2 aromatic heterocycles. The largest absolute Gasteiger partial charge is 0.506 e. The van der Waals surface area contributed by atoms with Gasteiger partial charge in [0.25, 0.3) is 0 Å². The van der Waals surface area contributed by atoms with Crippen molar-refractivity contribution in [2.45, 2.75) is 26.3 Å². The molecule has 0 unspecified atom stereocenters. The van der Waals surface area contributed by atoms with Crippen LogP contribution in [-0.2, 0) is 16.1 Å². The summed E-state index contributed by atoms with van der Waals surface area (Å²) in [6.45, 7) is 8.23. The topological polar surface area (TPSA) is 141 Å². The number of hydrogen-bond donors (Lipinski definition) is 3. The van der Waals surface area contributed by atoms with Crippen LogP contribution in [0.5, 0.6) is 5.75 Å². The zero-order valence-corrected chi connectivity index (χ0v) is 23.8. The number of carbonyl (C=O) groups excluding carboxylic acids is 1. The maximum Gasteiger partial charge on any atom is 0.240 e. The highest BCUT2D eigenvalue weighted by Crippen LogP contribution is 2.33. The van der Waals surface area contributed by atoms with Gasteiger partial charge >= 0.3 is 0 Å². The zero-order valence-electron chi connectivity index (χ0n) is 23.8. The van der Waals surface area contributed by atoms with Crippen molar-refractivity contribution in [2.24, 2.45) is 16.1 Å². The first-order chi connectivity index (χ1) is 21.0. The van der Waals surface area contributed by atoms with Crippen molar-refractivity contribution in [3.63, 3.8) is 0 Å². The van der Waals surface area contributed by atoms with Crippen LogP contribution in [-0.4, -0.2) is 68.4 Å². The third-order valence-electron chi connectivity index (χ3n) is 7.55. The lowest BCUT2D eigenvalue weighted by molar-refractivity contribution is -0.114. The Balaban J connectivity index is 1.16. The van der Waals surface area contributed by atoms with Gasteiger partial charge in [0.05, 0.1) is 34.5 Å². The molecule has 3 aromatic carbocycles. The highest BCUT2D eigenvalue weighted by atomic mass is 16.5. The molecule has 5 aromatic rings. The molecule has 11 nitrogen and oxygen atoms in total. The summed E-state index contributed by atoms with van der Waals surface area (Å²) in [5.74, 6) is 0.425. The molecule has 1 fully saturated rings. The van der Waals surface area contributed by atoms with E-state index >= 15 is 0 Å². The van der Waals surface area contributed by atoms with E-state index in [0.717, 1.165) is 65.5 Å². The lowest BCUT2D eigenvalue weighted by Gasteiger charge is -2.32. The Morgan fingerprint density at radius 3 is 2.84 bits per heavy atom. The number of H-pyrrole nitrogens is 1. The summed E-state index contributed by atoms with van der Waals surface area (Å²) in [7, 11) is 0. The lowest BCUT2D eigenvalue weighted by atomic mass is 9.98. The number of hydrogen-bond acceptors (Lipinski definition) is 9. The summed E-state index contributed by atoms with van der Waals surface area (Å²) in [6, 6.07) is 17.0. The Morgan fingerprint density at radius 1 is 1.14 bits per heavy atom. The Kier molecular flexibility index (Phi) is 8.05. The predicted octanol–water partition coefficient (Wildman–Crippen LogP) is 5.13. The van der Waals surface area contributed by atoms with E-state index in [4.69, 9.17) is 4.74 Å². The maximum absolute atomic E-state index is 11.6. The number of nitrogens with zero attached hydrogens (tertiary/aromatic N) is 6. The van der Waals surface area contributed by atoms with Crippen LogP contribution >= 0.6 is 0 Å². The first kappa shape index (κ1) is 28.0. The summed E-state index contributed by atoms with van der Waals surface area (Å²) in [5, 5.41) is 29.2. The van der Waals surface area contributed by atoms with E-state index in [1.807, 2.05) is 24.3 Å². The van der Waals surface area contributed by atoms with Crippen molar-refractivity contribution in [3.8, 4) is 17.0 Å². The van der Waals surface area contributed by atoms with Crippen molar-refractivity contribution in [2.75, 3.05) is 25.0 Å². The molecule has 0 saturated carbocycles. The maximum atomic E-state index is 11.6. The standard InChI is InChI=1S/C32H32N8O3/c1-20(41)36-29-16-23(7-10-30(29)42)31-25-15-24(6-9-26(25)37-38-31)32(39-33-2)43-19-22-4-3-13-40(18-22)17-21-5-8-27-28(14-21)35-12-11-34-27/h5-12,14-16,22,42H,2-4,13,17-19H2,1H3,(H,36,41)(H,37,38)/b39-32-/t22-/m1/s1. The molecule has 1 aliphatic rings. The van der Waals surface area contributed by atoms with Crippen LogP contribution in [0.3, 0.4) is 0 Å². The van der Waals surface area contributed by atoms with Gasteiger partial charge in [-0.2, -0.15) is 10.2 Å². The van der Waals surface area contributed by atoms with Gasteiger partial charge in [0, 0.05) is 61.6 Å². The van der Waals surface area contributed by atoms with Crippen molar-refractivity contribution >= 4 is 46.1 Å².